The molecule has 2 fully saturated rings. The molecule has 1 aromatic rings. The largest absolute Gasteiger partial charge is 0.335 e. The van der Waals surface area contributed by atoms with E-state index in [0.29, 0.717) is 24.4 Å². The molecule has 4 heteroatoms. The molecule has 0 saturated heterocycles. The van der Waals surface area contributed by atoms with Gasteiger partial charge in [0.15, 0.2) is 0 Å². The molecule has 0 bridgehead atoms. The number of hydrogen-bond acceptors (Lipinski definition) is 3. The van der Waals surface area contributed by atoms with Crippen LogP contribution in [0.4, 0.5) is 0 Å². The summed E-state index contributed by atoms with van der Waals surface area (Å²) < 4.78 is 0. The Labute approximate surface area is 118 Å². The van der Waals surface area contributed by atoms with Gasteiger partial charge in [-0.25, -0.2) is 0 Å². The zero-order chi connectivity index (χ0) is 13.2. The van der Waals surface area contributed by atoms with Crippen molar-refractivity contribution in [3.8, 4) is 0 Å². The predicted molar refractivity (Wildman–Crippen MR) is 77.8 cm³/mol. The van der Waals surface area contributed by atoms with Crippen LogP contribution in [0, 0.1) is 11.8 Å². The lowest BCUT2D eigenvalue weighted by Crippen LogP contribution is -2.40. The molecule has 2 aliphatic rings. The summed E-state index contributed by atoms with van der Waals surface area (Å²) in [5.74, 6) is 0.960. The van der Waals surface area contributed by atoms with Gasteiger partial charge < -0.3 is 10.6 Å². The van der Waals surface area contributed by atoms with Crippen LogP contribution in [0.25, 0.3) is 0 Å². The number of rotatable bonds is 5. The fourth-order valence-corrected chi connectivity index (χ4v) is 3.87. The van der Waals surface area contributed by atoms with Gasteiger partial charge in [-0.15, -0.1) is 0 Å². The molecule has 0 radical (unpaired) electrons. The highest BCUT2D eigenvalue weighted by Gasteiger charge is 2.40. The molecular weight excluding hydrogens is 256 g/mol. The number of nitrogens with two attached hydrogens (primary N) is 1. The maximum absolute atomic E-state index is 12.8. The van der Waals surface area contributed by atoms with Crippen molar-refractivity contribution < 1.29 is 4.79 Å². The van der Waals surface area contributed by atoms with Gasteiger partial charge in [0.05, 0.1) is 0 Å². The zero-order valence-electron chi connectivity index (χ0n) is 11.3. The fourth-order valence-electron chi connectivity index (χ4n) is 3.21. The SMILES string of the molecule is NCC1CCCC1C(=O)N(Cc1ccsc1)C1CC1. The number of nitrogens with zero attached hydrogens (tertiary/aromatic N) is 1. The van der Waals surface area contributed by atoms with E-state index in [0.717, 1.165) is 25.8 Å². The number of amides is 1. The molecule has 0 aromatic carbocycles. The van der Waals surface area contributed by atoms with Crippen LogP contribution in [0.3, 0.4) is 0 Å². The van der Waals surface area contributed by atoms with Gasteiger partial charge in [-0.3, -0.25) is 4.79 Å². The van der Waals surface area contributed by atoms with Gasteiger partial charge in [-0.05, 0) is 60.5 Å². The van der Waals surface area contributed by atoms with Gasteiger partial charge in [-0.2, -0.15) is 11.3 Å². The summed E-state index contributed by atoms with van der Waals surface area (Å²) in [7, 11) is 0. The Morgan fingerprint density at radius 3 is 2.84 bits per heavy atom. The van der Waals surface area contributed by atoms with Crippen molar-refractivity contribution in [2.45, 2.75) is 44.7 Å². The maximum Gasteiger partial charge on any atom is 0.226 e. The third-order valence-corrected chi connectivity index (χ3v) is 5.21. The number of thiophene rings is 1. The second-order valence-corrected chi connectivity index (χ2v) is 6.64. The Morgan fingerprint density at radius 1 is 1.37 bits per heavy atom. The lowest BCUT2D eigenvalue weighted by molar-refractivity contribution is -0.137. The van der Waals surface area contributed by atoms with E-state index >= 15 is 0 Å². The lowest BCUT2D eigenvalue weighted by atomic mass is 9.94. The smallest absolute Gasteiger partial charge is 0.226 e. The molecule has 104 valence electrons. The minimum Gasteiger partial charge on any atom is -0.335 e. The molecule has 2 N–H and O–H groups in total. The van der Waals surface area contributed by atoms with Crippen molar-refractivity contribution in [2.75, 3.05) is 6.54 Å². The van der Waals surface area contributed by atoms with Crippen molar-refractivity contribution in [3.05, 3.63) is 22.4 Å². The van der Waals surface area contributed by atoms with E-state index in [1.807, 2.05) is 0 Å². The van der Waals surface area contributed by atoms with Crippen LogP contribution in [0.15, 0.2) is 16.8 Å². The highest BCUT2D eigenvalue weighted by Crippen LogP contribution is 2.36. The number of carbonyl (C=O) groups is 1. The molecule has 2 atom stereocenters. The van der Waals surface area contributed by atoms with Gasteiger partial charge in [0, 0.05) is 18.5 Å². The summed E-state index contributed by atoms with van der Waals surface area (Å²) in [6, 6.07) is 2.62. The van der Waals surface area contributed by atoms with Crippen molar-refractivity contribution >= 4 is 17.2 Å². The van der Waals surface area contributed by atoms with E-state index in [9.17, 15) is 4.79 Å². The van der Waals surface area contributed by atoms with Crippen LogP contribution in [0.2, 0.25) is 0 Å². The van der Waals surface area contributed by atoms with Crippen molar-refractivity contribution in [1.82, 2.24) is 4.90 Å². The third kappa shape index (κ3) is 2.84. The minimum absolute atomic E-state index is 0.184. The van der Waals surface area contributed by atoms with E-state index in [1.54, 1.807) is 11.3 Å². The topological polar surface area (TPSA) is 46.3 Å². The molecule has 2 unspecified atom stereocenters. The highest BCUT2D eigenvalue weighted by atomic mass is 32.1. The van der Waals surface area contributed by atoms with Crippen LogP contribution in [0.1, 0.15) is 37.7 Å². The molecule has 1 amide bonds. The maximum atomic E-state index is 12.8. The summed E-state index contributed by atoms with van der Waals surface area (Å²) in [6.45, 7) is 1.45. The Kier molecular flexibility index (Phi) is 3.89. The first kappa shape index (κ1) is 13.1. The Morgan fingerprint density at radius 2 is 2.21 bits per heavy atom. The van der Waals surface area contributed by atoms with Crippen LogP contribution in [-0.4, -0.2) is 23.4 Å². The molecular formula is C15H22N2OS. The monoisotopic (exact) mass is 278 g/mol. The molecule has 19 heavy (non-hydrogen) atoms. The van der Waals surface area contributed by atoms with E-state index in [4.69, 9.17) is 5.73 Å². The summed E-state index contributed by atoms with van der Waals surface area (Å²) in [5, 5.41) is 4.24. The second-order valence-electron chi connectivity index (χ2n) is 5.86. The summed E-state index contributed by atoms with van der Waals surface area (Å²) in [6.07, 6.45) is 5.68. The van der Waals surface area contributed by atoms with Crippen molar-refractivity contribution in [1.29, 1.82) is 0 Å². The Balaban J connectivity index is 1.71. The van der Waals surface area contributed by atoms with Crippen LogP contribution in [-0.2, 0) is 11.3 Å². The first-order chi connectivity index (χ1) is 9.29. The van der Waals surface area contributed by atoms with Crippen molar-refractivity contribution in [2.24, 2.45) is 17.6 Å². The van der Waals surface area contributed by atoms with Crippen molar-refractivity contribution in [3.63, 3.8) is 0 Å². The molecule has 0 aliphatic heterocycles. The average molecular weight is 278 g/mol. The van der Waals surface area contributed by atoms with Crippen LogP contribution < -0.4 is 5.73 Å². The standard InChI is InChI=1S/C15H22N2OS/c16-8-12-2-1-3-14(12)15(18)17(13-4-5-13)9-11-6-7-19-10-11/h6-7,10,12-14H,1-5,8-9,16H2. The predicted octanol–water partition coefficient (Wildman–Crippen LogP) is 2.61. The number of carbonyl (C=O) groups excluding carboxylic acids is 1. The molecule has 0 spiro atoms. The molecule has 1 aromatic heterocycles. The molecule has 1 heterocycles. The molecule has 2 aliphatic carbocycles. The van der Waals surface area contributed by atoms with E-state index in [-0.39, 0.29) is 5.92 Å². The summed E-state index contributed by atoms with van der Waals surface area (Å²) in [5.41, 5.74) is 7.09. The van der Waals surface area contributed by atoms with Crippen LogP contribution >= 0.6 is 11.3 Å². The third-order valence-electron chi connectivity index (χ3n) is 4.48. The van der Waals surface area contributed by atoms with E-state index in [2.05, 4.69) is 21.7 Å². The Hall–Kier alpha value is -0.870. The van der Waals surface area contributed by atoms with E-state index < -0.39 is 0 Å². The quantitative estimate of drug-likeness (QED) is 0.900. The first-order valence-electron chi connectivity index (χ1n) is 7.31. The van der Waals surface area contributed by atoms with Gasteiger partial charge >= 0.3 is 0 Å². The average Bonchev–Trinajstić information content (AvgIpc) is 2.95. The first-order valence-corrected chi connectivity index (χ1v) is 8.25. The molecule has 3 nitrogen and oxygen atoms in total. The second kappa shape index (κ2) is 5.63. The van der Waals surface area contributed by atoms with Gasteiger partial charge in [0.25, 0.3) is 0 Å². The fraction of sp³-hybridized carbons (Fsp3) is 0.667. The molecule has 3 rings (SSSR count). The normalized spacial score (nSPS) is 26.6. The van der Waals surface area contributed by atoms with Gasteiger partial charge in [-0.1, -0.05) is 6.42 Å². The summed E-state index contributed by atoms with van der Waals surface area (Å²) >= 11 is 1.70. The lowest BCUT2D eigenvalue weighted by Gasteiger charge is -2.28. The number of hydrogen-bond donors (Lipinski definition) is 1. The zero-order valence-corrected chi connectivity index (χ0v) is 12.1. The van der Waals surface area contributed by atoms with Gasteiger partial charge in [0.1, 0.15) is 0 Å². The van der Waals surface area contributed by atoms with Gasteiger partial charge in [0.2, 0.25) is 5.91 Å². The summed E-state index contributed by atoms with van der Waals surface area (Å²) in [4.78, 5) is 14.9. The van der Waals surface area contributed by atoms with E-state index in [1.165, 1.54) is 18.4 Å². The molecule has 2 saturated carbocycles. The highest BCUT2D eigenvalue weighted by molar-refractivity contribution is 7.07. The minimum atomic E-state index is 0.184. The van der Waals surface area contributed by atoms with Crippen LogP contribution in [0.5, 0.6) is 0 Å². The Bertz CT molecular complexity index is 427.